The molecule has 0 saturated heterocycles. The van der Waals surface area contributed by atoms with Gasteiger partial charge in [0.15, 0.2) is 0 Å². The van der Waals surface area contributed by atoms with Crippen LogP contribution in [-0.2, 0) is 15.6 Å². The fourth-order valence-corrected chi connectivity index (χ4v) is 3.79. The molecule has 2 aromatic carbocycles. The number of hydrogen-bond acceptors (Lipinski definition) is 5. The molecule has 0 saturated carbocycles. The molecule has 3 aromatic rings. The Hall–Kier alpha value is -2.35. The topological polar surface area (TPSA) is 88.8 Å². The quantitative estimate of drug-likeness (QED) is 0.705. The second-order valence-corrected chi connectivity index (χ2v) is 7.63. The average Bonchev–Trinajstić information content (AvgIpc) is 3.05. The monoisotopic (exact) mass is 361 g/mol. The molecule has 0 aliphatic rings. The summed E-state index contributed by atoms with van der Waals surface area (Å²) in [5, 5.41) is 11.5. The number of hydrogen-bond donors (Lipinski definition) is 2. The van der Waals surface area contributed by atoms with Crippen LogP contribution in [0.25, 0.3) is 11.0 Å². The SMILES string of the molecule is COc1ccccc1S(=O)(=O)NCC(C)(O)c1cc2ccccc2o1. The number of benzene rings is 2. The number of rotatable bonds is 6. The molecular weight excluding hydrogens is 342 g/mol. The number of fused-ring (bicyclic) bond motifs is 1. The highest BCUT2D eigenvalue weighted by Crippen LogP contribution is 2.28. The first-order valence-electron chi connectivity index (χ1n) is 7.67. The molecule has 1 unspecified atom stereocenters. The van der Waals surface area contributed by atoms with Gasteiger partial charge in [0.1, 0.15) is 27.6 Å². The highest BCUT2D eigenvalue weighted by atomic mass is 32.2. The molecule has 0 aliphatic heterocycles. The van der Waals surface area contributed by atoms with Crippen LogP contribution in [-0.4, -0.2) is 27.2 Å². The predicted molar refractivity (Wildman–Crippen MR) is 94.0 cm³/mol. The molecule has 0 bridgehead atoms. The van der Waals surface area contributed by atoms with Gasteiger partial charge in [-0.25, -0.2) is 13.1 Å². The van der Waals surface area contributed by atoms with Gasteiger partial charge < -0.3 is 14.3 Å². The lowest BCUT2D eigenvalue weighted by atomic mass is 10.0. The molecule has 7 heteroatoms. The van der Waals surface area contributed by atoms with Gasteiger partial charge in [-0.05, 0) is 31.2 Å². The van der Waals surface area contributed by atoms with E-state index in [2.05, 4.69) is 4.72 Å². The Bertz CT molecular complexity index is 958. The van der Waals surface area contributed by atoms with E-state index in [1.807, 2.05) is 18.2 Å². The Morgan fingerprint density at radius 3 is 2.56 bits per heavy atom. The van der Waals surface area contributed by atoms with Gasteiger partial charge in [-0.3, -0.25) is 0 Å². The van der Waals surface area contributed by atoms with Crippen molar-refractivity contribution in [2.75, 3.05) is 13.7 Å². The predicted octanol–water partition coefficient (Wildman–Crippen LogP) is 2.63. The first-order chi connectivity index (χ1) is 11.8. The first-order valence-corrected chi connectivity index (χ1v) is 9.16. The number of furan rings is 1. The smallest absolute Gasteiger partial charge is 0.244 e. The number of aliphatic hydroxyl groups is 1. The Morgan fingerprint density at radius 2 is 1.84 bits per heavy atom. The van der Waals surface area contributed by atoms with Gasteiger partial charge in [0.2, 0.25) is 10.0 Å². The molecule has 25 heavy (non-hydrogen) atoms. The van der Waals surface area contributed by atoms with Crippen LogP contribution in [0.3, 0.4) is 0 Å². The third-order valence-electron chi connectivity index (χ3n) is 3.92. The van der Waals surface area contributed by atoms with Crippen molar-refractivity contribution >= 4 is 21.0 Å². The largest absolute Gasteiger partial charge is 0.495 e. The number of nitrogens with one attached hydrogen (secondary N) is 1. The van der Waals surface area contributed by atoms with E-state index in [-0.39, 0.29) is 22.9 Å². The molecule has 6 nitrogen and oxygen atoms in total. The third-order valence-corrected chi connectivity index (χ3v) is 5.36. The summed E-state index contributed by atoms with van der Waals surface area (Å²) in [4.78, 5) is 0.0120. The number of ether oxygens (including phenoxy) is 1. The molecular formula is C18H19NO5S. The van der Waals surface area contributed by atoms with E-state index in [1.54, 1.807) is 30.3 Å². The summed E-state index contributed by atoms with van der Waals surface area (Å²) in [5.74, 6) is 0.523. The zero-order chi connectivity index (χ0) is 18.1. The summed E-state index contributed by atoms with van der Waals surface area (Å²) >= 11 is 0. The molecule has 1 atom stereocenters. The van der Waals surface area contributed by atoms with Gasteiger partial charge in [0, 0.05) is 11.9 Å². The van der Waals surface area contributed by atoms with Crippen molar-refractivity contribution in [3.8, 4) is 5.75 Å². The van der Waals surface area contributed by atoms with Crippen LogP contribution in [0.15, 0.2) is 63.9 Å². The molecule has 1 aromatic heterocycles. The fourth-order valence-electron chi connectivity index (χ4n) is 2.49. The maximum absolute atomic E-state index is 12.5. The van der Waals surface area contributed by atoms with Crippen LogP contribution >= 0.6 is 0 Å². The van der Waals surface area contributed by atoms with Crippen LogP contribution in [0, 0.1) is 0 Å². The van der Waals surface area contributed by atoms with Crippen LogP contribution < -0.4 is 9.46 Å². The van der Waals surface area contributed by atoms with Crippen molar-refractivity contribution in [2.45, 2.75) is 17.4 Å². The summed E-state index contributed by atoms with van der Waals surface area (Å²) in [5.41, 5.74) is -0.876. The van der Waals surface area contributed by atoms with Gasteiger partial charge >= 0.3 is 0 Å². The lowest BCUT2D eigenvalue weighted by molar-refractivity contribution is 0.0411. The Kier molecular flexibility index (Phi) is 4.55. The minimum atomic E-state index is -3.85. The molecule has 0 spiro atoms. The normalized spacial score (nSPS) is 14.4. The standard InChI is InChI=1S/C18H19NO5S/c1-18(20,17-11-13-7-3-4-8-14(13)24-17)12-19-25(21,22)16-10-6-5-9-15(16)23-2/h3-11,19-20H,12H2,1-2H3. The molecule has 0 aliphatic carbocycles. The summed E-state index contributed by atoms with van der Waals surface area (Å²) < 4.78 is 38.2. The van der Waals surface area contributed by atoms with Gasteiger partial charge in [0.25, 0.3) is 0 Å². The van der Waals surface area contributed by atoms with Gasteiger partial charge in [-0.2, -0.15) is 0 Å². The van der Waals surface area contributed by atoms with Crippen molar-refractivity contribution in [1.29, 1.82) is 0 Å². The zero-order valence-electron chi connectivity index (χ0n) is 13.9. The summed E-state index contributed by atoms with van der Waals surface area (Å²) in [6.45, 7) is 1.25. The van der Waals surface area contributed by atoms with E-state index in [0.717, 1.165) is 5.39 Å². The average molecular weight is 361 g/mol. The van der Waals surface area contributed by atoms with Crippen LogP contribution in [0.4, 0.5) is 0 Å². The van der Waals surface area contributed by atoms with Crippen molar-refractivity contribution in [2.24, 2.45) is 0 Å². The Morgan fingerprint density at radius 1 is 1.16 bits per heavy atom. The van der Waals surface area contributed by atoms with Crippen molar-refractivity contribution in [1.82, 2.24) is 4.72 Å². The lowest BCUT2D eigenvalue weighted by Crippen LogP contribution is -2.38. The summed E-state index contributed by atoms with van der Waals surface area (Å²) in [6, 6.07) is 15.3. The molecule has 132 valence electrons. The van der Waals surface area contributed by atoms with Crippen molar-refractivity contribution < 1.29 is 22.7 Å². The highest BCUT2D eigenvalue weighted by molar-refractivity contribution is 7.89. The third kappa shape index (κ3) is 3.53. The van der Waals surface area contributed by atoms with Crippen LogP contribution in [0.5, 0.6) is 5.75 Å². The molecule has 0 fully saturated rings. The molecule has 0 amide bonds. The molecule has 0 radical (unpaired) electrons. The minimum Gasteiger partial charge on any atom is -0.495 e. The van der Waals surface area contributed by atoms with Crippen LogP contribution in [0.2, 0.25) is 0 Å². The van der Waals surface area contributed by atoms with E-state index in [0.29, 0.717) is 5.58 Å². The second kappa shape index (κ2) is 6.51. The number of methoxy groups -OCH3 is 1. The molecule has 1 heterocycles. The number of para-hydroxylation sites is 2. The fraction of sp³-hybridized carbons (Fsp3) is 0.222. The van der Waals surface area contributed by atoms with Crippen molar-refractivity contribution in [3.05, 3.63) is 60.4 Å². The van der Waals surface area contributed by atoms with Crippen molar-refractivity contribution in [3.63, 3.8) is 0 Å². The molecule has 3 rings (SSSR count). The Labute approximate surface area is 146 Å². The van der Waals surface area contributed by atoms with E-state index < -0.39 is 15.6 Å². The van der Waals surface area contributed by atoms with E-state index in [9.17, 15) is 13.5 Å². The highest BCUT2D eigenvalue weighted by Gasteiger charge is 2.30. The number of sulfonamides is 1. The van der Waals surface area contributed by atoms with Gasteiger partial charge in [0.05, 0.1) is 7.11 Å². The minimum absolute atomic E-state index is 0.0120. The lowest BCUT2D eigenvalue weighted by Gasteiger charge is -2.21. The Balaban J connectivity index is 1.83. The first kappa shape index (κ1) is 17.5. The maximum Gasteiger partial charge on any atom is 0.244 e. The van der Waals surface area contributed by atoms with Gasteiger partial charge in [-0.1, -0.05) is 30.3 Å². The van der Waals surface area contributed by atoms with Crippen LogP contribution in [0.1, 0.15) is 12.7 Å². The zero-order valence-corrected chi connectivity index (χ0v) is 14.7. The van der Waals surface area contributed by atoms with Gasteiger partial charge in [-0.15, -0.1) is 0 Å². The summed E-state index contributed by atoms with van der Waals surface area (Å²) in [6.07, 6.45) is 0. The molecule has 2 N–H and O–H groups in total. The van der Waals surface area contributed by atoms with E-state index in [1.165, 1.54) is 20.1 Å². The summed E-state index contributed by atoms with van der Waals surface area (Å²) in [7, 11) is -2.45. The van der Waals surface area contributed by atoms with E-state index >= 15 is 0 Å². The van der Waals surface area contributed by atoms with E-state index in [4.69, 9.17) is 9.15 Å². The maximum atomic E-state index is 12.5. The second-order valence-electron chi connectivity index (χ2n) is 5.90.